The maximum Gasteiger partial charge on any atom is 0.316 e. The lowest BCUT2D eigenvalue weighted by Crippen LogP contribution is -2.46. The number of nitrogens with one attached hydrogen (secondary N) is 2. The molecule has 1 unspecified atom stereocenters. The highest BCUT2D eigenvalue weighted by atomic mass is 19.1. The van der Waals surface area contributed by atoms with Crippen molar-refractivity contribution < 1.29 is 33.6 Å². The maximum absolute atomic E-state index is 13.6. The predicted octanol–water partition coefficient (Wildman–Crippen LogP) is 2.85. The summed E-state index contributed by atoms with van der Waals surface area (Å²) in [6.45, 7) is 3.36. The summed E-state index contributed by atoms with van der Waals surface area (Å²) in [7, 11) is 0. The molecule has 0 aliphatic carbocycles. The van der Waals surface area contributed by atoms with Crippen molar-refractivity contribution in [2.24, 2.45) is 5.41 Å². The molecule has 1 saturated heterocycles. The molecule has 1 aliphatic rings. The summed E-state index contributed by atoms with van der Waals surface area (Å²) in [6, 6.07) is 7.61. The number of aliphatic hydroxyl groups excluding tert-OH is 2. The number of carbonyl (C=O) groups excluding carboxylic acids is 1. The fraction of sp³-hybridized carbons (Fsp3) is 0.423. The van der Waals surface area contributed by atoms with Crippen LogP contribution in [0.25, 0.3) is 22.6 Å². The Hall–Kier alpha value is -3.58. The van der Waals surface area contributed by atoms with Crippen molar-refractivity contribution in [1.82, 2.24) is 19.9 Å². The second kappa shape index (κ2) is 11.9. The maximum atomic E-state index is 13.6. The molecule has 1 atom stereocenters. The van der Waals surface area contributed by atoms with E-state index in [1.54, 1.807) is 25.1 Å². The first-order chi connectivity index (χ1) is 18.2. The zero-order valence-corrected chi connectivity index (χ0v) is 21.1. The summed E-state index contributed by atoms with van der Waals surface area (Å²) < 4.78 is 30.8. The number of imidazole rings is 1. The van der Waals surface area contributed by atoms with Crippen LogP contribution in [0.1, 0.15) is 38.8 Å². The monoisotopic (exact) mass is 527 g/mol. The Kier molecular flexibility index (Phi) is 8.57. The van der Waals surface area contributed by atoms with Crippen LogP contribution < -0.4 is 4.74 Å². The van der Waals surface area contributed by atoms with Crippen LogP contribution in [0.2, 0.25) is 0 Å². The topological polar surface area (TPSA) is 164 Å². The molecule has 0 spiro atoms. The zero-order chi connectivity index (χ0) is 27.3. The number of benzene rings is 1. The van der Waals surface area contributed by atoms with E-state index in [4.69, 9.17) is 24.7 Å². The number of Topliss-reactive ketones (excluding diaryl/α,β-unsaturated/α-hetero) is 1. The zero-order valence-electron chi connectivity index (χ0n) is 21.1. The molecule has 4 N–H and O–H groups in total. The van der Waals surface area contributed by atoms with Gasteiger partial charge in [-0.25, -0.2) is 14.4 Å². The van der Waals surface area contributed by atoms with Gasteiger partial charge in [-0.1, -0.05) is 0 Å². The van der Waals surface area contributed by atoms with Gasteiger partial charge in [0.1, 0.15) is 5.82 Å². The highest BCUT2D eigenvalue weighted by molar-refractivity contribution is 6.40. The minimum absolute atomic E-state index is 0.0169. The number of aromatic nitrogens is 4. The van der Waals surface area contributed by atoms with Crippen LogP contribution in [-0.2, 0) is 14.3 Å². The lowest BCUT2D eigenvalue weighted by molar-refractivity contribution is -0.228. The first-order valence-electron chi connectivity index (χ1n) is 12.2. The number of aromatic amines is 1. The lowest BCUT2D eigenvalue weighted by atomic mass is 9.83. The summed E-state index contributed by atoms with van der Waals surface area (Å²) in [5.41, 5.74) is 0.775. The molecule has 0 bridgehead atoms. The molecule has 3 heterocycles. The van der Waals surface area contributed by atoms with Crippen molar-refractivity contribution >= 4 is 11.5 Å². The second-order valence-electron chi connectivity index (χ2n) is 9.38. The molecule has 38 heavy (non-hydrogen) atoms. The molecule has 3 aromatic rings. The van der Waals surface area contributed by atoms with Crippen molar-refractivity contribution in [2.75, 3.05) is 26.4 Å². The van der Waals surface area contributed by atoms with Crippen LogP contribution >= 0.6 is 0 Å². The molecule has 0 radical (unpaired) electrons. The second-order valence-corrected chi connectivity index (χ2v) is 9.38. The van der Waals surface area contributed by atoms with Gasteiger partial charge in [0.2, 0.25) is 6.29 Å². The van der Waals surface area contributed by atoms with Crippen molar-refractivity contribution in [3.8, 4) is 28.7 Å². The summed E-state index contributed by atoms with van der Waals surface area (Å²) in [4.78, 5) is 29.2. The number of H-pyrrole nitrogens is 1. The predicted molar refractivity (Wildman–Crippen MR) is 134 cm³/mol. The van der Waals surface area contributed by atoms with Gasteiger partial charge >= 0.3 is 6.01 Å². The van der Waals surface area contributed by atoms with E-state index in [0.717, 1.165) is 0 Å². The van der Waals surface area contributed by atoms with Crippen molar-refractivity contribution in [3.63, 3.8) is 0 Å². The van der Waals surface area contributed by atoms with E-state index in [9.17, 15) is 14.3 Å². The molecule has 11 nitrogen and oxygen atoms in total. The Morgan fingerprint density at radius 1 is 1.26 bits per heavy atom. The number of aliphatic hydroxyl groups is 2. The molecular weight excluding hydrogens is 497 g/mol. The molecule has 0 saturated carbocycles. The first-order valence-corrected chi connectivity index (χ1v) is 12.2. The van der Waals surface area contributed by atoms with Gasteiger partial charge in [-0.2, -0.15) is 4.98 Å². The van der Waals surface area contributed by atoms with E-state index in [1.807, 2.05) is 0 Å². The van der Waals surface area contributed by atoms with Crippen molar-refractivity contribution in [1.29, 1.82) is 5.41 Å². The third kappa shape index (κ3) is 6.27. The molecule has 2 aromatic heterocycles. The smallest absolute Gasteiger partial charge is 0.316 e. The van der Waals surface area contributed by atoms with Gasteiger partial charge in [0.25, 0.3) is 0 Å². The summed E-state index contributed by atoms with van der Waals surface area (Å²) in [5.74, 6) is -0.523. The Morgan fingerprint density at radius 3 is 2.63 bits per heavy atom. The molecular formula is C26H30FN5O6. The third-order valence-corrected chi connectivity index (χ3v) is 5.91. The van der Waals surface area contributed by atoms with Gasteiger partial charge in [0, 0.05) is 31.2 Å². The van der Waals surface area contributed by atoms with Crippen LogP contribution in [0, 0.1) is 16.6 Å². The Bertz CT molecular complexity index is 1270. The van der Waals surface area contributed by atoms with Gasteiger partial charge in [0.15, 0.2) is 11.6 Å². The Morgan fingerprint density at radius 2 is 1.97 bits per heavy atom. The van der Waals surface area contributed by atoms with Crippen LogP contribution in [-0.4, -0.2) is 74.2 Å². The number of hydrogen-bond acceptors (Lipinski definition) is 10. The minimum Gasteiger partial charge on any atom is -0.463 e. The molecule has 202 valence electrons. The third-order valence-electron chi connectivity index (χ3n) is 5.91. The van der Waals surface area contributed by atoms with E-state index in [2.05, 4.69) is 19.9 Å². The van der Waals surface area contributed by atoms with Crippen molar-refractivity contribution in [2.45, 2.75) is 39.1 Å². The summed E-state index contributed by atoms with van der Waals surface area (Å²) >= 11 is 0. The highest BCUT2D eigenvalue weighted by Gasteiger charge is 2.42. The van der Waals surface area contributed by atoms with Gasteiger partial charge < -0.3 is 34.8 Å². The van der Waals surface area contributed by atoms with Crippen LogP contribution in [0.3, 0.4) is 0 Å². The minimum atomic E-state index is -1.08. The number of halogens is 1. The number of carbonyl (C=O) groups is 1. The SMILES string of the molecule is CC(O)CC(=N)C(=O)C1(C)COC(c2nc(-c3ccc(F)cc3)c(-c3ccnc(OCCCO)n3)[nH]2)OC1. The lowest BCUT2D eigenvalue weighted by Gasteiger charge is -2.35. The first kappa shape index (κ1) is 27.5. The van der Waals surface area contributed by atoms with Gasteiger partial charge in [-0.05, 0) is 44.2 Å². The van der Waals surface area contributed by atoms with Crippen LogP contribution in [0.15, 0.2) is 36.5 Å². The van der Waals surface area contributed by atoms with Crippen LogP contribution in [0.5, 0.6) is 6.01 Å². The number of ketones is 1. The van der Waals surface area contributed by atoms with E-state index in [-0.39, 0.29) is 44.6 Å². The molecule has 1 aromatic carbocycles. The van der Waals surface area contributed by atoms with Crippen LogP contribution in [0.4, 0.5) is 4.39 Å². The average Bonchev–Trinajstić information content (AvgIpc) is 3.34. The van der Waals surface area contributed by atoms with Crippen molar-refractivity contribution in [3.05, 3.63) is 48.2 Å². The van der Waals surface area contributed by atoms with E-state index in [1.165, 1.54) is 25.3 Å². The van der Waals surface area contributed by atoms with E-state index >= 15 is 0 Å². The standard InChI is InChI=1S/C26H30FN5O6/c1-15(34)12-18(28)22(35)26(2)13-37-24(38-14-26)23-31-20(16-4-6-17(27)7-5-16)21(32-23)19-8-9-29-25(30-19)36-11-3-10-33/h4-9,15,24,28,33-34H,3,10-14H2,1-2H3,(H,31,32). The normalized spacial score (nSPS) is 20.2. The molecule has 12 heteroatoms. The van der Waals surface area contributed by atoms with E-state index < -0.39 is 29.4 Å². The fourth-order valence-corrected chi connectivity index (χ4v) is 3.93. The summed E-state index contributed by atoms with van der Waals surface area (Å²) in [5, 5.41) is 26.5. The van der Waals surface area contributed by atoms with Gasteiger partial charge in [-0.3, -0.25) is 4.79 Å². The Balaban J connectivity index is 1.60. The average molecular weight is 528 g/mol. The number of nitrogens with zero attached hydrogens (tertiary/aromatic N) is 3. The summed E-state index contributed by atoms with van der Waals surface area (Å²) in [6.07, 6.45) is 0.168. The van der Waals surface area contributed by atoms with Gasteiger partial charge in [-0.15, -0.1) is 0 Å². The molecule has 4 rings (SSSR count). The van der Waals surface area contributed by atoms with E-state index in [0.29, 0.717) is 34.9 Å². The molecule has 1 fully saturated rings. The van der Waals surface area contributed by atoms with Gasteiger partial charge in [0.05, 0.1) is 54.1 Å². The number of hydrogen-bond donors (Lipinski definition) is 4. The Labute approximate surface area is 218 Å². The number of rotatable bonds is 11. The largest absolute Gasteiger partial charge is 0.463 e. The molecule has 0 amide bonds. The quantitative estimate of drug-likeness (QED) is 0.217. The number of ether oxygens (including phenoxy) is 3. The molecule has 1 aliphatic heterocycles. The highest BCUT2D eigenvalue weighted by Crippen LogP contribution is 2.36. The fourth-order valence-electron chi connectivity index (χ4n) is 3.93.